The van der Waals surface area contributed by atoms with Crippen LogP contribution in [0.15, 0.2) is 24.4 Å². The second-order valence-corrected chi connectivity index (χ2v) is 4.74. The molecule has 0 spiro atoms. The van der Waals surface area contributed by atoms with Crippen LogP contribution in [0.5, 0.6) is 5.88 Å². The van der Waals surface area contributed by atoms with Gasteiger partial charge in [0.2, 0.25) is 11.8 Å². The van der Waals surface area contributed by atoms with Crippen molar-refractivity contribution in [3.05, 3.63) is 41.3 Å². The molecule has 2 heterocycles. The van der Waals surface area contributed by atoms with Gasteiger partial charge in [0.15, 0.2) is 6.61 Å². The van der Waals surface area contributed by atoms with E-state index in [9.17, 15) is 13.2 Å². The summed E-state index contributed by atoms with van der Waals surface area (Å²) in [6.07, 6.45) is -2.93. The van der Waals surface area contributed by atoms with Crippen LogP contribution in [0.25, 0.3) is 0 Å². The third-order valence-corrected chi connectivity index (χ3v) is 2.61. The second-order valence-electron chi connectivity index (χ2n) is 4.74. The number of nitrogens with one attached hydrogen (secondary N) is 1. The van der Waals surface area contributed by atoms with Crippen molar-refractivity contribution in [3.63, 3.8) is 0 Å². The molecule has 2 aromatic rings. The third-order valence-electron chi connectivity index (χ3n) is 2.61. The summed E-state index contributed by atoms with van der Waals surface area (Å²) in [6, 6.07) is 4.89. The number of pyridine rings is 1. The van der Waals surface area contributed by atoms with Crippen molar-refractivity contribution in [1.82, 2.24) is 15.0 Å². The molecule has 0 aromatic carbocycles. The van der Waals surface area contributed by atoms with Crippen molar-refractivity contribution in [3.8, 4) is 5.88 Å². The molecule has 118 valence electrons. The normalized spacial score (nSPS) is 11.3. The number of nitrogens with zero attached hydrogens (tertiary/aromatic N) is 3. The molecule has 0 aliphatic rings. The number of hydrogen-bond donors (Lipinski definition) is 1. The van der Waals surface area contributed by atoms with Crippen LogP contribution in [0, 0.1) is 13.8 Å². The smallest absolute Gasteiger partial charge is 0.422 e. The highest BCUT2D eigenvalue weighted by molar-refractivity contribution is 5.30. The molecule has 0 unspecified atom stereocenters. The Bertz CT molecular complexity index is 609. The molecular weight excluding hydrogens is 297 g/mol. The Kier molecular flexibility index (Phi) is 4.79. The molecule has 0 radical (unpaired) electrons. The SMILES string of the molecule is Cc1cc(C)nc(NCc2ccc(OCC(F)(F)F)nc2)n1. The van der Waals surface area contributed by atoms with E-state index in [1.165, 1.54) is 12.3 Å². The molecular formula is C14H15F3N4O. The van der Waals surface area contributed by atoms with Gasteiger partial charge in [-0.05, 0) is 25.5 Å². The van der Waals surface area contributed by atoms with Gasteiger partial charge in [0.1, 0.15) is 0 Å². The number of rotatable bonds is 5. The minimum absolute atomic E-state index is 0.0660. The van der Waals surface area contributed by atoms with Gasteiger partial charge in [0, 0.05) is 30.2 Å². The fourth-order valence-corrected chi connectivity index (χ4v) is 1.74. The monoisotopic (exact) mass is 312 g/mol. The Labute approximate surface area is 125 Å². The van der Waals surface area contributed by atoms with Crippen LogP contribution in [-0.4, -0.2) is 27.7 Å². The maximum Gasteiger partial charge on any atom is 0.422 e. The lowest BCUT2D eigenvalue weighted by Crippen LogP contribution is -2.19. The lowest BCUT2D eigenvalue weighted by atomic mass is 10.3. The van der Waals surface area contributed by atoms with Crippen molar-refractivity contribution in [2.24, 2.45) is 0 Å². The molecule has 0 bridgehead atoms. The van der Waals surface area contributed by atoms with Crippen LogP contribution in [0.4, 0.5) is 19.1 Å². The van der Waals surface area contributed by atoms with Gasteiger partial charge in [0.25, 0.3) is 0 Å². The number of alkyl halides is 3. The highest BCUT2D eigenvalue weighted by Crippen LogP contribution is 2.17. The fraction of sp³-hybridized carbons (Fsp3) is 0.357. The van der Waals surface area contributed by atoms with Crippen LogP contribution < -0.4 is 10.1 Å². The maximum absolute atomic E-state index is 12.0. The molecule has 2 aromatic heterocycles. The molecule has 0 saturated heterocycles. The summed E-state index contributed by atoms with van der Waals surface area (Å²) >= 11 is 0. The standard InChI is InChI=1S/C14H15F3N4O/c1-9-5-10(2)21-13(20-9)19-7-11-3-4-12(18-6-11)22-8-14(15,16)17/h3-6H,7-8H2,1-2H3,(H,19,20,21). The molecule has 8 heteroatoms. The first-order chi connectivity index (χ1) is 10.3. The van der Waals surface area contributed by atoms with Crippen molar-refractivity contribution in [2.75, 3.05) is 11.9 Å². The van der Waals surface area contributed by atoms with E-state index in [1.54, 1.807) is 6.07 Å². The first-order valence-corrected chi connectivity index (χ1v) is 6.52. The van der Waals surface area contributed by atoms with E-state index in [-0.39, 0.29) is 5.88 Å². The second kappa shape index (κ2) is 6.59. The van der Waals surface area contributed by atoms with E-state index in [1.807, 2.05) is 19.9 Å². The van der Waals surface area contributed by atoms with Gasteiger partial charge < -0.3 is 10.1 Å². The third kappa shape index (κ3) is 5.19. The summed E-state index contributed by atoms with van der Waals surface area (Å²) in [5, 5.41) is 3.04. The first-order valence-electron chi connectivity index (χ1n) is 6.52. The van der Waals surface area contributed by atoms with E-state index in [2.05, 4.69) is 25.0 Å². The van der Waals surface area contributed by atoms with Crippen LogP contribution in [0.2, 0.25) is 0 Å². The minimum atomic E-state index is -4.37. The van der Waals surface area contributed by atoms with E-state index >= 15 is 0 Å². The van der Waals surface area contributed by atoms with E-state index < -0.39 is 12.8 Å². The van der Waals surface area contributed by atoms with Crippen LogP contribution in [0.3, 0.4) is 0 Å². The molecule has 0 aliphatic heterocycles. The zero-order chi connectivity index (χ0) is 16.2. The topological polar surface area (TPSA) is 59.9 Å². The Morgan fingerprint density at radius 3 is 2.36 bits per heavy atom. The first kappa shape index (κ1) is 16.0. The molecule has 0 aliphatic carbocycles. The molecule has 0 fully saturated rings. The summed E-state index contributed by atoms with van der Waals surface area (Å²) in [6.45, 7) is 2.80. The van der Waals surface area contributed by atoms with Gasteiger partial charge in [-0.25, -0.2) is 15.0 Å². The van der Waals surface area contributed by atoms with Gasteiger partial charge in [-0.15, -0.1) is 0 Å². The Morgan fingerprint density at radius 1 is 1.14 bits per heavy atom. The quantitative estimate of drug-likeness (QED) is 0.919. The highest BCUT2D eigenvalue weighted by Gasteiger charge is 2.28. The molecule has 22 heavy (non-hydrogen) atoms. The number of anilines is 1. The lowest BCUT2D eigenvalue weighted by molar-refractivity contribution is -0.154. The number of aromatic nitrogens is 3. The zero-order valence-corrected chi connectivity index (χ0v) is 12.1. The molecule has 2 rings (SSSR count). The molecule has 0 atom stereocenters. The predicted molar refractivity (Wildman–Crippen MR) is 74.6 cm³/mol. The highest BCUT2D eigenvalue weighted by atomic mass is 19.4. The molecule has 5 nitrogen and oxygen atoms in total. The largest absolute Gasteiger partial charge is 0.468 e. The van der Waals surface area contributed by atoms with Crippen LogP contribution >= 0.6 is 0 Å². The van der Waals surface area contributed by atoms with E-state index in [0.717, 1.165) is 17.0 Å². The van der Waals surface area contributed by atoms with Crippen molar-refractivity contribution >= 4 is 5.95 Å². The number of halogens is 3. The van der Waals surface area contributed by atoms with Gasteiger partial charge in [-0.3, -0.25) is 0 Å². The summed E-state index contributed by atoms with van der Waals surface area (Å²) in [5.74, 6) is 0.429. The zero-order valence-electron chi connectivity index (χ0n) is 12.1. The van der Waals surface area contributed by atoms with E-state index in [0.29, 0.717) is 12.5 Å². The van der Waals surface area contributed by atoms with Crippen molar-refractivity contribution < 1.29 is 17.9 Å². The number of ether oxygens (including phenoxy) is 1. The Morgan fingerprint density at radius 2 is 1.82 bits per heavy atom. The van der Waals surface area contributed by atoms with Crippen LogP contribution in [-0.2, 0) is 6.54 Å². The van der Waals surface area contributed by atoms with Gasteiger partial charge >= 0.3 is 6.18 Å². The van der Waals surface area contributed by atoms with Gasteiger partial charge in [0.05, 0.1) is 0 Å². The van der Waals surface area contributed by atoms with E-state index in [4.69, 9.17) is 0 Å². The summed E-state index contributed by atoms with van der Waals surface area (Å²) in [7, 11) is 0. The van der Waals surface area contributed by atoms with Crippen molar-refractivity contribution in [1.29, 1.82) is 0 Å². The van der Waals surface area contributed by atoms with Crippen LogP contribution in [0.1, 0.15) is 17.0 Å². The van der Waals surface area contributed by atoms with Gasteiger partial charge in [-0.1, -0.05) is 6.07 Å². The molecule has 0 saturated carbocycles. The summed E-state index contributed by atoms with van der Waals surface area (Å²) in [5.41, 5.74) is 2.48. The summed E-state index contributed by atoms with van der Waals surface area (Å²) < 4.78 is 40.6. The molecule has 1 N–H and O–H groups in total. The fourth-order valence-electron chi connectivity index (χ4n) is 1.74. The average Bonchev–Trinajstić information content (AvgIpc) is 2.42. The Hall–Kier alpha value is -2.38. The molecule has 0 amide bonds. The van der Waals surface area contributed by atoms with Gasteiger partial charge in [-0.2, -0.15) is 13.2 Å². The minimum Gasteiger partial charge on any atom is -0.468 e. The predicted octanol–water partition coefficient (Wildman–Crippen LogP) is 3.04. The average molecular weight is 312 g/mol. The number of aryl methyl sites for hydroxylation is 2. The van der Waals surface area contributed by atoms with Crippen molar-refractivity contribution in [2.45, 2.75) is 26.6 Å². The summed E-state index contributed by atoms with van der Waals surface area (Å²) in [4.78, 5) is 12.3. The lowest BCUT2D eigenvalue weighted by Gasteiger charge is -2.09. The Balaban J connectivity index is 1.91. The number of hydrogen-bond acceptors (Lipinski definition) is 5. The maximum atomic E-state index is 12.0.